The van der Waals surface area contributed by atoms with Crippen LogP contribution in [0, 0.1) is 5.92 Å². The third-order valence-electron chi connectivity index (χ3n) is 5.68. The number of piperidine rings is 1. The van der Waals surface area contributed by atoms with Gasteiger partial charge in [0.05, 0.1) is 6.54 Å². The van der Waals surface area contributed by atoms with E-state index >= 15 is 0 Å². The number of amides is 1. The van der Waals surface area contributed by atoms with Crippen molar-refractivity contribution >= 4 is 36.0 Å². The van der Waals surface area contributed by atoms with Crippen LogP contribution in [0.3, 0.4) is 0 Å². The van der Waals surface area contributed by atoms with Gasteiger partial charge in [-0.05, 0) is 52.4 Å². The molecule has 2 aliphatic rings. The lowest BCUT2D eigenvalue weighted by molar-refractivity contribution is 0.00545. The van der Waals surface area contributed by atoms with Gasteiger partial charge in [0.1, 0.15) is 11.4 Å². The molecule has 2 bridgehead atoms. The Balaban J connectivity index is 0.00000341. The molecule has 176 valence electrons. The summed E-state index contributed by atoms with van der Waals surface area (Å²) >= 11 is 0. The summed E-state index contributed by atoms with van der Waals surface area (Å²) in [4.78, 5) is 23.5. The second kappa shape index (κ2) is 10.9. The topological polar surface area (TPSA) is 83.8 Å². The maximum Gasteiger partial charge on any atom is 0.410 e. The largest absolute Gasteiger partial charge is 0.444 e. The number of rotatable bonds is 5. The Morgan fingerprint density at radius 3 is 2.48 bits per heavy atom. The van der Waals surface area contributed by atoms with E-state index in [1.165, 1.54) is 0 Å². The highest BCUT2D eigenvalue weighted by Crippen LogP contribution is 2.36. The molecule has 2 aliphatic heterocycles. The lowest BCUT2D eigenvalue weighted by atomic mass is 9.98. The molecule has 0 spiro atoms. The van der Waals surface area contributed by atoms with Gasteiger partial charge in [0.2, 0.25) is 0 Å². The number of nitrogens with zero attached hydrogens (tertiary/aromatic N) is 4. The summed E-state index contributed by atoms with van der Waals surface area (Å²) in [5.74, 6) is 2.36. The number of halogens is 1. The van der Waals surface area contributed by atoms with Crippen LogP contribution in [-0.4, -0.2) is 57.3 Å². The highest BCUT2D eigenvalue weighted by molar-refractivity contribution is 14.0. The first-order valence-electron chi connectivity index (χ1n) is 11.1. The Labute approximate surface area is 203 Å². The van der Waals surface area contributed by atoms with Gasteiger partial charge >= 0.3 is 6.09 Å². The molecule has 2 saturated heterocycles. The molecular weight excluding hydrogens is 507 g/mol. The zero-order chi connectivity index (χ0) is 21.9. The fourth-order valence-corrected chi connectivity index (χ4v) is 4.53. The highest BCUT2D eigenvalue weighted by Gasteiger charge is 2.45. The van der Waals surface area contributed by atoms with Crippen molar-refractivity contribution in [3.05, 3.63) is 18.2 Å². The number of hydrogen-bond acceptors (Lipinski definition) is 4. The highest BCUT2D eigenvalue weighted by atomic mass is 127. The Morgan fingerprint density at radius 2 is 1.94 bits per heavy atom. The van der Waals surface area contributed by atoms with Gasteiger partial charge in [-0.3, -0.25) is 4.99 Å². The Hall–Kier alpha value is -1.52. The van der Waals surface area contributed by atoms with Crippen molar-refractivity contribution in [3.63, 3.8) is 0 Å². The van der Waals surface area contributed by atoms with E-state index in [9.17, 15) is 4.79 Å². The van der Waals surface area contributed by atoms with Crippen LogP contribution in [0.1, 0.15) is 66.1 Å². The van der Waals surface area contributed by atoms with Crippen molar-refractivity contribution < 1.29 is 9.53 Å². The average molecular weight is 546 g/mol. The van der Waals surface area contributed by atoms with Crippen molar-refractivity contribution in [1.29, 1.82) is 0 Å². The first kappa shape index (κ1) is 25.7. The summed E-state index contributed by atoms with van der Waals surface area (Å²) in [7, 11) is 1.79. The lowest BCUT2D eigenvalue weighted by Gasteiger charge is -2.40. The smallest absolute Gasteiger partial charge is 0.410 e. The van der Waals surface area contributed by atoms with E-state index < -0.39 is 5.60 Å². The van der Waals surface area contributed by atoms with Crippen LogP contribution < -0.4 is 10.6 Å². The number of guanidine groups is 1. The zero-order valence-corrected chi connectivity index (χ0v) is 22.1. The van der Waals surface area contributed by atoms with Crippen molar-refractivity contribution in [3.8, 4) is 0 Å². The summed E-state index contributed by atoms with van der Waals surface area (Å²) in [6, 6.07) is 0.765. The minimum absolute atomic E-state index is 0. The third-order valence-corrected chi connectivity index (χ3v) is 5.68. The Kier molecular flexibility index (Phi) is 9.03. The molecule has 0 saturated carbocycles. The van der Waals surface area contributed by atoms with Gasteiger partial charge in [-0.1, -0.05) is 13.8 Å². The number of aromatic nitrogens is 2. The number of aliphatic imine (C=N–C) groups is 1. The Morgan fingerprint density at radius 1 is 1.29 bits per heavy atom. The summed E-state index contributed by atoms with van der Waals surface area (Å²) in [6.07, 6.45) is 7.61. The Bertz CT molecular complexity index is 743. The van der Waals surface area contributed by atoms with Crippen LogP contribution in [-0.2, 0) is 17.8 Å². The summed E-state index contributed by atoms with van der Waals surface area (Å²) < 4.78 is 7.82. The molecule has 31 heavy (non-hydrogen) atoms. The number of fused-ring (bicyclic) bond motifs is 2. The predicted octanol–water partition coefficient (Wildman–Crippen LogP) is 3.75. The minimum atomic E-state index is -0.459. The maximum atomic E-state index is 12.6. The molecule has 2 atom stereocenters. The van der Waals surface area contributed by atoms with Crippen molar-refractivity contribution in [2.75, 3.05) is 7.05 Å². The molecule has 1 aromatic rings. The van der Waals surface area contributed by atoms with Crippen molar-refractivity contribution in [2.45, 2.75) is 97.1 Å². The van der Waals surface area contributed by atoms with Gasteiger partial charge in [0.25, 0.3) is 0 Å². The number of nitrogens with one attached hydrogen (secondary N) is 2. The zero-order valence-electron chi connectivity index (χ0n) is 19.7. The van der Waals surface area contributed by atoms with Gasteiger partial charge in [0, 0.05) is 44.1 Å². The number of ether oxygens (including phenoxy) is 1. The molecule has 1 amide bonds. The minimum Gasteiger partial charge on any atom is -0.444 e. The van der Waals surface area contributed by atoms with E-state index in [1.54, 1.807) is 7.05 Å². The monoisotopic (exact) mass is 546 g/mol. The molecule has 1 aromatic heterocycles. The molecule has 2 N–H and O–H groups in total. The number of carbonyl (C=O) groups excluding carboxylic acids is 1. The van der Waals surface area contributed by atoms with Gasteiger partial charge in [-0.25, -0.2) is 9.78 Å². The lowest BCUT2D eigenvalue weighted by Crippen LogP contribution is -2.55. The average Bonchev–Trinajstić information content (AvgIpc) is 3.18. The van der Waals surface area contributed by atoms with E-state index in [0.717, 1.165) is 44.0 Å². The fourth-order valence-electron chi connectivity index (χ4n) is 4.53. The first-order valence-corrected chi connectivity index (χ1v) is 11.1. The van der Waals surface area contributed by atoms with E-state index in [1.807, 2.05) is 38.1 Å². The molecule has 0 radical (unpaired) electrons. The summed E-state index contributed by atoms with van der Waals surface area (Å²) in [5, 5.41) is 6.96. The molecule has 3 heterocycles. The third kappa shape index (κ3) is 6.98. The van der Waals surface area contributed by atoms with Crippen LogP contribution in [0.5, 0.6) is 0 Å². The molecule has 3 rings (SSSR count). The molecule has 0 aromatic carbocycles. The molecule has 8 nitrogen and oxygen atoms in total. The number of carbonyl (C=O) groups is 1. The summed E-state index contributed by atoms with van der Waals surface area (Å²) in [6.45, 7) is 11.7. The van der Waals surface area contributed by atoms with E-state index in [-0.39, 0.29) is 42.2 Å². The SMILES string of the molecule is CN=C(NCc1nccn1CC(C)C)NC1CC2CCC(C1)N2C(=O)OC(C)(C)C.I. The number of imidazole rings is 1. The quantitative estimate of drug-likeness (QED) is 0.334. The standard InChI is InChI=1S/C22H38N6O2.HI/c1-15(2)14-27-10-9-24-19(27)13-25-20(23-6)26-16-11-17-7-8-18(12-16)28(17)21(29)30-22(3,4)5;/h9-10,15-18H,7-8,11-14H2,1-6H3,(H2,23,25,26);1H. The van der Waals surface area contributed by atoms with Crippen LogP contribution in [0.4, 0.5) is 4.79 Å². The van der Waals surface area contributed by atoms with E-state index in [0.29, 0.717) is 18.5 Å². The normalized spacial score (nSPS) is 23.5. The molecule has 2 fully saturated rings. The second-order valence-electron chi connectivity index (χ2n) is 9.90. The van der Waals surface area contributed by atoms with Gasteiger partial charge in [-0.2, -0.15) is 0 Å². The van der Waals surface area contributed by atoms with Crippen LogP contribution >= 0.6 is 24.0 Å². The van der Waals surface area contributed by atoms with Gasteiger partial charge < -0.3 is 24.8 Å². The van der Waals surface area contributed by atoms with Crippen LogP contribution in [0.25, 0.3) is 0 Å². The number of hydrogen-bond donors (Lipinski definition) is 2. The summed E-state index contributed by atoms with van der Waals surface area (Å²) in [5.41, 5.74) is -0.459. The van der Waals surface area contributed by atoms with E-state index in [2.05, 4.69) is 39.0 Å². The maximum absolute atomic E-state index is 12.6. The van der Waals surface area contributed by atoms with Gasteiger partial charge in [0.15, 0.2) is 5.96 Å². The molecule has 9 heteroatoms. The van der Waals surface area contributed by atoms with Gasteiger partial charge in [-0.15, -0.1) is 24.0 Å². The van der Waals surface area contributed by atoms with Crippen LogP contribution in [0.2, 0.25) is 0 Å². The molecule has 2 unspecified atom stereocenters. The van der Waals surface area contributed by atoms with E-state index in [4.69, 9.17) is 4.74 Å². The first-order chi connectivity index (χ1) is 14.2. The second-order valence-corrected chi connectivity index (χ2v) is 9.90. The molecule has 0 aliphatic carbocycles. The van der Waals surface area contributed by atoms with Crippen molar-refractivity contribution in [2.24, 2.45) is 10.9 Å². The van der Waals surface area contributed by atoms with Crippen LogP contribution in [0.15, 0.2) is 17.4 Å². The fraction of sp³-hybridized carbons (Fsp3) is 0.773. The molecular formula is C22H39IN6O2. The van der Waals surface area contributed by atoms with Crippen molar-refractivity contribution in [1.82, 2.24) is 25.1 Å². The predicted molar refractivity (Wildman–Crippen MR) is 134 cm³/mol.